The molecule has 0 amide bonds. The summed E-state index contributed by atoms with van der Waals surface area (Å²) < 4.78 is 5.48. The molecule has 100 valence electrons. The van der Waals surface area contributed by atoms with E-state index >= 15 is 0 Å². The third-order valence-electron chi connectivity index (χ3n) is 3.63. The molecule has 1 aliphatic carbocycles. The minimum Gasteiger partial charge on any atom is -0.476 e. The van der Waals surface area contributed by atoms with E-state index < -0.39 is 0 Å². The molecule has 1 saturated carbocycles. The number of nitrogens with one attached hydrogen (secondary N) is 1. The van der Waals surface area contributed by atoms with Gasteiger partial charge in [-0.05, 0) is 31.1 Å². The zero-order valence-corrected chi connectivity index (χ0v) is 11.2. The molecule has 0 radical (unpaired) electrons. The molecule has 0 saturated heterocycles. The van der Waals surface area contributed by atoms with Gasteiger partial charge >= 0.3 is 0 Å². The van der Waals surface area contributed by atoms with Crippen molar-refractivity contribution >= 4 is 11.5 Å². The molecule has 0 unspecified atom stereocenters. The predicted octanol–water partition coefficient (Wildman–Crippen LogP) is 2.45. The number of rotatable bonds is 7. The second-order valence-corrected chi connectivity index (χ2v) is 5.00. The highest BCUT2D eigenvalue weighted by Gasteiger charge is 2.40. The van der Waals surface area contributed by atoms with Gasteiger partial charge in [-0.3, -0.25) is 0 Å². The molecule has 2 rings (SSSR count). The van der Waals surface area contributed by atoms with Crippen LogP contribution in [0.5, 0.6) is 5.88 Å². The molecule has 0 aliphatic heterocycles. The lowest BCUT2D eigenvalue weighted by Crippen LogP contribution is -2.16. The van der Waals surface area contributed by atoms with E-state index in [1.165, 1.54) is 25.6 Å². The van der Waals surface area contributed by atoms with Gasteiger partial charge in [0.25, 0.3) is 0 Å². The average molecular weight is 250 g/mol. The highest BCUT2D eigenvalue weighted by molar-refractivity contribution is 5.66. The summed E-state index contributed by atoms with van der Waals surface area (Å²) in [6.45, 7) is 5.83. The first-order valence-electron chi connectivity index (χ1n) is 6.68. The largest absolute Gasteiger partial charge is 0.476 e. The summed E-state index contributed by atoms with van der Waals surface area (Å²) in [5.74, 6) is 1.17. The summed E-state index contributed by atoms with van der Waals surface area (Å²) in [5, 5.41) is 3.33. The maximum absolute atomic E-state index is 6.00. The predicted molar refractivity (Wildman–Crippen MR) is 72.7 cm³/mol. The Labute approximate surface area is 108 Å². The molecule has 18 heavy (non-hydrogen) atoms. The molecule has 1 aromatic rings. The number of aromatic nitrogens is 2. The summed E-state index contributed by atoms with van der Waals surface area (Å²) >= 11 is 0. The Bertz CT molecular complexity index is 404. The second kappa shape index (κ2) is 5.42. The summed E-state index contributed by atoms with van der Waals surface area (Å²) in [4.78, 5) is 8.24. The van der Waals surface area contributed by atoms with Crippen LogP contribution < -0.4 is 15.8 Å². The van der Waals surface area contributed by atoms with Crippen LogP contribution in [0.3, 0.4) is 0 Å². The van der Waals surface area contributed by atoms with E-state index in [9.17, 15) is 0 Å². The van der Waals surface area contributed by atoms with Gasteiger partial charge in [-0.25, -0.2) is 4.98 Å². The topological polar surface area (TPSA) is 73.1 Å². The van der Waals surface area contributed by atoms with Gasteiger partial charge in [-0.15, -0.1) is 0 Å². The van der Waals surface area contributed by atoms with Crippen LogP contribution in [0, 0.1) is 5.41 Å². The van der Waals surface area contributed by atoms with E-state index in [1.807, 2.05) is 0 Å². The van der Waals surface area contributed by atoms with Gasteiger partial charge in [-0.2, -0.15) is 4.98 Å². The molecular weight excluding hydrogens is 228 g/mol. The molecule has 5 nitrogen and oxygen atoms in total. The number of hydrogen-bond donors (Lipinski definition) is 2. The van der Waals surface area contributed by atoms with E-state index in [0.29, 0.717) is 29.4 Å². The normalized spacial score (nSPS) is 16.3. The van der Waals surface area contributed by atoms with Crippen molar-refractivity contribution in [2.45, 2.75) is 39.5 Å². The number of nitrogens with two attached hydrogens (primary N) is 1. The Kier molecular flexibility index (Phi) is 3.89. The van der Waals surface area contributed by atoms with E-state index in [1.54, 1.807) is 0 Å². The van der Waals surface area contributed by atoms with Crippen molar-refractivity contribution in [2.24, 2.45) is 5.41 Å². The molecule has 1 aliphatic rings. The Morgan fingerprint density at radius 2 is 2.17 bits per heavy atom. The van der Waals surface area contributed by atoms with Crippen molar-refractivity contribution < 1.29 is 4.74 Å². The van der Waals surface area contributed by atoms with Crippen LogP contribution in [0.4, 0.5) is 11.5 Å². The first kappa shape index (κ1) is 12.9. The number of nitrogen functional groups attached to an aromatic ring is 1. The molecular formula is C13H22N4O. The van der Waals surface area contributed by atoms with E-state index in [2.05, 4.69) is 29.1 Å². The molecule has 1 heterocycles. The molecule has 5 heteroatoms. The van der Waals surface area contributed by atoms with Crippen LogP contribution in [-0.2, 0) is 0 Å². The van der Waals surface area contributed by atoms with Crippen LogP contribution >= 0.6 is 0 Å². The Balaban J connectivity index is 1.99. The van der Waals surface area contributed by atoms with Crippen LogP contribution in [0.25, 0.3) is 0 Å². The molecule has 1 fully saturated rings. The van der Waals surface area contributed by atoms with Crippen LogP contribution in [0.2, 0.25) is 0 Å². The first-order valence-corrected chi connectivity index (χ1v) is 6.68. The van der Waals surface area contributed by atoms with Crippen molar-refractivity contribution in [1.29, 1.82) is 0 Å². The molecule has 3 N–H and O–H groups in total. The third-order valence-corrected chi connectivity index (χ3v) is 3.63. The van der Waals surface area contributed by atoms with E-state index in [-0.39, 0.29) is 0 Å². The SMILES string of the molecule is CCCOc1ncnc(NCC2(CC)CC2)c1N. The smallest absolute Gasteiger partial charge is 0.242 e. The average Bonchev–Trinajstić information content (AvgIpc) is 3.17. The Morgan fingerprint density at radius 3 is 2.78 bits per heavy atom. The lowest BCUT2D eigenvalue weighted by Gasteiger charge is -2.16. The molecule has 0 atom stereocenters. The zero-order valence-electron chi connectivity index (χ0n) is 11.2. The minimum atomic E-state index is 0.460. The molecule has 1 aromatic heterocycles. The van der Waals surface area contributed by atoms with Gasteiger partial charge in [-0.1, -0.05) is 13.8 Å². The minimum absolute atomic E-state index is 0.460. The Morgan fingerprint density at radius 1 is 1.39 bits per heavy atom. The van der Waals surface area contributed by atoms with Gasteiger partial charge in [0.05, 0.1) is 6.61 Å². The molecule has 0 aromatic carbocycles. The van der Waals surface area contributed by atoms with Crippen molar-refractivity contribution in [3.05, 3.63) is 6.33 Å². The fourth-order valence-corrected chi connectivity index (χ4v) is 1.94. The first-order chi connectivity index (χ1) is 8.71. The van der Waals surface area contributed by atoms with Crippen molar-refractivity contribution in [3.63, 3.8) is 0 Å². The van der Waals surface area contributed by atoms with Crippen molar-refractivity contribution in [1.82, 2.24) is 9.97 Å². The fourth-order valence-electron chi connectivity index (χ4n) is 1.94. The molecule has 0 spiro atoms. The van der Waals surface area contributed by atoms with Crippen LogP contribution in [-0.4, -0.2) is 23.1 Å². The van der Waals surface area contributed by atoms with Gasteiger partial charge < -0.3 is 15.8 Å². The summed E-state index contributed by atoms with van der Waals surface area (Å²) in [5.41, 5.74) is 6.97. The lowest BCUT2D eigenvalue weighted by atomic mass is 10.0. The van der Waals surface area contributed by atoms with Gasteiger partial charge in [0.1, 0.15) is 12.0 Å². The number of anilines is 2. The van der Waals surface area contributed by atoms with E-state index in [4.69, 9.17) is 10.5 Å². The second-order valence-electron chi connectivity index (χ2n) is 5.00. The standard InChI is InChI=1S/C13H22N4O/c1-3-7-18-12-10(14)11(16-9-17-12)15-8-13(4-2)5-6-13/h9H,3-8,14H2,1-2H3,(H,15,16,17). The maximum Gasteiger partial charge on any atom is 0.242 e. The number of nitrogens with zero attached hydrogens (tertiary/aromatic N) is 2. The van der Waals surface area contributed by atoms with Gasteiger partial charge in [0, 0.05) is 6.54 Å². The fraction of sp³-hybridized carbons (Fsp3) is 0.692. The number of ether oxygens (including phenoxy) is 1. The number of hydrogen-bond acceptors (Lipinski definition) is 5. The van der Waals surface area contributed by atoms with Crippen molar-refractivity contribution in [3.8, 4) is 5.88 Å². The Hall–Kier alpha value is -1.52. The lowest BCUT2D eigenvalue weighted by molar-refractivity contribution is 0.306. The van der Waals surface area contributed by atoms with Crippen LogP contribution in [0.1, 0.15) is 39.5 Å². The zero-order chi connectivity index (χ0) is 13.0. The van der Waals surface area contributed by atoms with Crippen LogP contribution in [0.15, 0.2) is 6.33 Å². The monoisotopic (exact) mass is 250 g/mol. The quantitative estimate of drug-likeness (QED) is 0.777. The summed E-state index contributed by atoms with van der Waals surface area (Å²) in [6.07, 6.45) is 6.21. The van der Waals surface area contributed by atoms with Crippen molar-refractivity contribution in [2.75, 3.05) is 24.2 Å². The maximum atomic E-state index is 6.00. The highest BCUT2D eigenvalue weighted by Crippen LogP contribution is 2.48. The van der Waals surface area contributed by atoms with Gasteiger partial charge in [0.15, 0.2) is 5.82 Å². The highest BCUT2D eigenvalue weighted by atomic mass is 16.5. The van der Waals surface area contributed by atoms with Gasteiger partial charge in [0.2, 0.25) is 5.88 Å². The molecule has 0 bridgehead atoms. The summed E-state index contributed by atoms with van der Waals surface area (Å²) in [6, 6.07) is 0. The summed E-state index contributed by atoms with van der Waals surface area (Å²) in [7, 11) is 0. The third kappa shape index (κ3) is 2.83. The van der Waals surface area contributed by atoms with E-state index in [0.717, 1.165) is 13.0 Å².